The Hall–Kier alpha value is -1.56. The molecular formula is C16H20N2O3S. The second-order valence-corrected chi connectivity index (χ2v) is 8.09. The summed E-state index contributed by atoms with van der Waals surface area (Å²) < 4.78 is 34.9. The van der Waals surface area contributed by atoms with Crippen molar-refractivity contribution in [3.05, 3.63) is 29.8 Å². The SMILES string of the molecule is Cc1ccc(S(=O)(=O)/N=C2\O[C@H]3CCC[C@H]4CCN2[C@H]43)cc1. The minimum Gasteiger partial charge on any atom is -0.459 e. The van der Waals surface area contributed by atoms with E-state index < -0.39 is 10.0 Å². The van der Waals surface area contributed by atoms with Crippen molar-refractivity contribution < 1.29 is 13.2 Å². The zero-order valence-corrected chi connectivity index (χ0v) is 13.4. The molecule has 4 rings (SSSR count). The molecule has 2 heterocycles. The van der Waals surface area contributed by atoms with Gasteiger partial charge in [-0.15, -0.1) is 4.40 Å². The topological polar surface area (TPSA) is 59.0 Å². The van der Waals surface area contributed by atoms with Crippen LogP contribution in [0.4, 0.5) is 0 Å². The van der Waals surface area contributed by atoms with Crippen LogP contribution in [0.3, 0.4) is 0 Å². The Bertz CT molecular complexity index is 711. The van der Waals surface area contributed by atoms with Crippen LogP contribution in [0.15, 0.2) is 33.6 Å². The number of benzene rings is 1. The van der Waals surface area contributed by atoms with Gasteiger partial charge in [-0.05, 0) is 50.7 Å². The fourth-order valence-electron chi connectivity index (χ4n) is 3.95. The fourth-order valence-corrected chi connectivity index (χ4v) is 4.88. The first-order chi connectivity index (χ1) is 10.5. The molecule has 0 amide bonds. The van der Waals surface area contributed by atoms with Crippen LogP contribution in [0.2, 0.25) is 0 Å². The lowest BCUT2D eigenvalue weighted by atomic mass is 9.83. The minimum atomic E-state index is -3.71. The highest BCUT2D eigenvalue weighted by molar-refractivity contribution is 7.90. The van der Waals surface area contributed by atoms with E-state index in [0.29, 0.717) is 18.0 Å². The Balaban J connectivity index is 1.66. The first kappa shape index (κ1) is 14.1. The molecule has 0 bridgehead atoms. The molecule has 1 aliphatic carbocycles. The molecule has 118 valence electrons. The van der Waals surface area contributed by atoms with Crippen LogP contribution in [-0.2, 0) is 14.8 Å². The highest BCUT2D eigenvalue weighted by Gasteiger charge is 2.50. The number of hydrogen-bond acceptors (Lipinski definition) is 3. The van der Waals surface area contributed by atoms with Gasteiger partial charge in [0.2, 0.25) is 0 Å². The number of hydrogen-bond donors (Lipinski definition) is 0. The summed E-state index contributed by atoms with van der Waals surface area (Å²) in [6.45, 7) is 2.78. The quantitative estimate of drug-likeness (QED) is 0.839. The van der Waals surface area contributed by atoms with Gasteiger partial charge in [0, 0.05) is 6.54 Å². The monoisotopic (exact) mass is 320 g/mol. The van der Waals surface area contributed by atoms with Crippen molar-refractivity contribution in [2.45, 2.75) is 49.6 Å². The van der Waals surface area contributed by atoms with Crippen molar-refractivity contribution in [1.29, 1.82) is 0 Å². The second kappa shape index (κ2) is 4.98. The average Bonchev–Trinajstić information content (AvgIpc) is 3.06. The molecule has 3 aliphatic rings. The molecule has 2 aliphatic heterocycles. The summed E-state index contributed by atoms with van der Waals surface area (Å²) in [6, 6.07) is 7.41. The van der Waals surface area contributed by atoms with Gasteiger partial charge < -0.3 is 9.64 Å². The minimum absolute atomic E-state index is 0.119. The van der Waals surface area contributed by atoms with Gasteiger partial charge >= 0.3 is 6.02 Å². The van der Waals surface area contributed by atoms with Gasteiger partial charge in [-0.25, -0.2) is 0 Å². The number of amidine groups is 1. The van der Waals surface area contributed by atoms with Crippen molar-refractivity contribution in [2.24, 2.45) is 10.3 Å². The van der Waals surface area contributed by atoms with Crippen LogP contribution < -0.4 is 0 Å². The molecule has 5 nitrogen and oxygen atoms in total. The lowest BCUT2D eigenvalue weighted by molar-refractivity contribution is 0.124. The predicted octanol–water partition coefficient (Wildman–Crippen LogP) is 2.31. The maximum Gasteiger partial charge on any atom is 0.304 e. The first-order valence-corrected chi connectivity index (χ1v) is 9.33. The van der Waals surface area contributed by atoms with Gasteiger partial charge in [-0.1, -0.05) is 17.7 Å². The molecule has 6 heteroatoms. The largest absolute Gasteiger partial charge is 0.459 e. The maximum atomic E-state index is 12.5. The van der Waals surface area contributed by atoms with Gasteiger partial charge in [0.25, 0.3) is 10.0 Å². The highest BCUT2D eigenvalue weighted by atomic mass is 32.2. The highest BCUT2D eigenvalue weighted by Crippen LogP contribution is 2.42. The molecule has 3 fully saturated rings. The third kappa shape index (κ3) is 2.20. The molecule has 1 aromatic carbocycles. The summed E-state index contributed by atoms with van der Waals surface area (Å²) in [5.41, 5.74) is 1.03. The Kier molecular flexibility index (Phi) is 3.18. The van der Waals surface area contributed by atoms with Crippen molar-refractivity contribution in [3.63, 3.8) is 0 Å². The number of sulfonamides is 1. The number of rotatable bonds is 2. The summed E-state index contributed by atoms with van der Waals surface area (Å²) in [4.78, 5) is 2.29. The van der Waals surface area contributed by atoms with E-state index in [9.17, 15) is 8.42 Å². The zero-order valence-electron chi connectivity index (χ0n) is 12.6. The molecule has 3 atom stereocenters. The van der Waals surface area contributed by atoms with Crippen molar-refractivity contribution >= 4 is 16.0 Å². The zero-order chi connectivity index (χ0) is 15.3. The van der Waals surface area contributed by atoms with Gasteiger partial charge in [0.1, 0.15) is 6.10 Å². The predicted molar refractivity (Wildman–Crippen MR) is 83.1 cm³/mol. The molecule has 1 aromatic rings. The van der Waals surface area contributed by atoms with Crippen LogP contribution in [-0.4, -0.2) is 38.0 Å². The van der Waals surface area contributed by atoms with Gasteiger partial charge in [-0.2, -0.15) is 8.42 Å². The normalized spacial score (nSPS) is 32.1. The first-order valence-electron chi connectivity index (χ1n) is 7.89. The summed E-state index contributed by atoms with van der Waals surface area (Å²) in [7, 11) is -3.71. The Morgan fingerprint density at radius 1 is 1.18 bits per heavy atom. The molecule has 0 spiro atoms. The average molecular weight is 320 g/mol. The van der Waals surface area contributed by atoms with E-state index in [2.05, 4.69) is 9.30 Å². The molecule has 0 aromatic heterocycles. The number of ether oxygens (including phenoxy) is 1. The van der Waals surface area contributed by atoms with Gasteiger partial charge in [0.05, 0.1) is 10.9 Å². The van der Waals surface area contributed by atoms with Crippen LogP contribution in [0.25, 0.3) is 0 Å². The van der Waals surface area contributed by atoms with E-state index in [0.717, 1.165) is 31.4 Å². The molecule has 1 saturated carbocycles. The van der Waals surface area contributed by atoms with Gasteiger partial charge in [-0.3, -0.25) is 0 Å². The number of aryl methyl sites for hydroxylation is 1. The Morgan fingerprint density at radius 3 is 2.73 bits per heavy atom. The summed E-state index contributed by atoms with van der Waals surface area (Å²) in [5, 5.41) is 0. The van der Waals surface area contributed by atoms with Crippen LogP contribution in [0.5, 0.6) is 0 Å². The second-order valence-electron chi connectivity index (χ2n) is 6.48. The van der Waals surface area contributed by atoms with Crippen LogP contribution >= 0.6 is 0 Å². The lowest BCUT2D eigenvalue weighted by Crippen LogP contribution is -2.37. The molecule has 0 N–H and O–H groups in total. The molecule has 2 saturated heterocycles. The van der Waals surface area contributed by atoms with E-state index in [1.807, 2.05) is 6.92 Å². The smallest absolute Gasteiger partial charge is 0.304 e. The molecular weight excluding hydrogens is 300 g/mol. The molecule has 22 heavy (non-hydrogen) atoms. The Labute approximate surface area is 131 Å². The van der Waals surface area contributed by atoms with Crippen molar-refractivity contribution in [3.8, 4) is 0 Å². The van der Waals surface area contributed by atoms with E-state index in [4.69, 9.17) is 4.74 Å². The van der Waals surface area contributed by atoms with Crippen molar-refractivity contribution in [1.82, 2.24) is 4.90 Å². The standard InChI is InChI=1S/C16H20N2O3S/c1-11-5-7-13(8-6-11)22(19,20)17-16-18-10-9-12-3-2-4-14(21-16)15(12)18/h5-8,12,14-15H,2-4,9-10H2,1H3/b17-16-/t12-,14-,15+/m0/s1. The summed E-state index contributed by atoms with van der Waals surface area (Å²) in [5.74, 6) is 0.633. The summed E-state index contributed by atoms with van der Waals surface area (Å²) >= 11 is 0. The Morgan fingerprint density at radius 2 is 1.95 bits per heavy atom. The molecule has 0 radical (unpaired) electrons. The van der Waals surface area contributed by atoms with Gasteiger partial charge in [0.15, 0.2) is 0 Å². The van der Waals surface area contributed by atoms with E-state index in [1.165, 1.54) is 6.42 Å². The summed E-state index contributed by atoms with van der Waals surface area (Å²) in [6.07, 6.45) is 4.62. The molecule has 0 unspecified atom stereocenters. The van der Waals surface area contributed by atoms with E-state index >= 15 is 0 Å². The lowest BCUT2D eigenvalue weighted by Gasteiger charge is -2.28. The van der Waals surface area contributed by atoms with E-state index in [1.54, 1.807) is 24.3 Å². The fraction of sp³-hybridized carbons (Fsp3) is 0.562. The van der Waals surface area contributed by atoms with Crippen LogP contribution in [0, 0.1) is 12.8 Å². The third-order valence-corrected chi connectivity index (χ3v) is 6.31. The van der Waals surface area contributed by atoms with Crippen molar-refractivity contribution in [2.75, 3.05) is 6.54 Å². The maximum absolute atomic E-state index is 12.5. The van der Waals surface area contributed by atoms with Crippen LogP contribution in [0.1, 0.15) is 31.2 Å². The van der Waals surface area contributed by atoms with E-state index in [-0.39, 0.29) is 11.0 Å². The third-order valence-electron chi connectivity index (χ3n) is 5.05. The number of nitrogens with zero attached hydrogens (tertiary/aromatic N) is 2.